The molecule has 7 heteroatoms. The maximum Gasteiger partial charge on any atom is 0.254 e. The van der Waals surface area contributed by atoms with E-state index in [-0.39, 0.29) is 29.9 Å². The van der Waals surface area contributed by atoms with E-state index in [2.05, 4.69) is 41.4 Å². The number of aliphatic imine (C=N–C) groups is 1. The van der Waals surface area contributed by atoms with Crippen molar-refractivity contribution in [2.24, 2.45) is 16.5 Å². The molecule has 0 aliphatic carbocycles. The zero-order valence-corrected chi connectivity index (χ0v) is 24.2. The van der Waals surface area contributed by atoms with Gasteiger partial charge in [-0.25, -0.2) is 0 Å². The number of hydrogen-bond acceptors (Lipinski definition) is 3. The summed E-state index contributed by atoms with van der Waals surface area (Å²) in [5.41, 5.74) is 14.9. The van der Waals surface area contributed by atoms with Crippen LogP contribution in [0.15, 0.2) is 102 Å². The molecule has 5 rings (SSSR count). The number of aryl methyl sites for hydroxylation is 1. The Balaban J connectivity index is 1.44. The van der Waals surface area contributed by atoms with Crippen LogP contribution in [0.4, 0.5) is 0 Å². The number of carbonyl (C=O) groups excluding carboxylic acids is 2. The van der Waals surface area contributed by atoms with Crippen molar-refractivity contribution in [3.05, 3.63) is 119 Å². The van der Waals surface area contributed by atoms with E-state index in [4.69, 9.17) is 11.5 Å². The van der Waals surface area contributed by atoms with Crippen molar-refractivity contribution in [1.82, 2.24) is 9.80 Å². The van der Waals surface area contributed by atoms with Crippen LogP contribution in [0.1, 0.15) is 39.9 Å². The van der Waals surface area contributed by atoms with Crippen LogP contribution in [0.5, 0.6) is 0 Å². The van der Waals surface area contributed by atoms with Gasteiger partial charge in [0, 0.05) is 31.2 Å². The Morgan fingerprint density at radius 1 is 0.786 bits per heavy atom. The Morgan fingerprint density at radius 3 is 2.29 bits per heavy atom. The van der Waals surface area contributed by atoms with Gasteiger partial charge >= 0.3 is 0 Å². The minimum absolute atomic E-state index is 0.00905. The topological polar surface area (TPSA) is 105 Å². The molecule has 0 bridgehead atoms. The molecule has 7 nitrogen and oxygen atoms in total. The molecule has 216 valence electrons. The number of carbonyl (C=O) groups is 2. The highest BCUT2D eigenvalue weighted by molar-refractivity contribution is 5.95. The number of fused-ring (bicyclic) bond motifs is 1. The van der Waals surface area contributed by atoms with Crippen LogP contribution < -0.4 is 11.5 Å². The highest BCUT2D eigenvalue weighted by Gasteiger charge is 2.38. The first kappa shape index (κ1) is 28.9. The van der Waals surface area contributed by atoms with E-state index in [0.29, 0.717) is 50.9 Å². The molecule has 2 amide bonds. The second-order valence-electron chi connectivity index (χ2n) is 11.2. The van der Waals surface area contributed by atoms with Crippen LogP contribution >= 0.6 is 0 Å². The Hall–Kier alpha value is -4.65. The molecule has 4 aromatic carbocycles. The summed E-state index contributed by atoms with van der Waals surface area (Å²) in [7, 11) is 0. The number of guanidine groups is 1. The average molecular weight is 562 g/mol. The lowest BCUT2D eigenvalue weighted by Gasteiger charge is -2.47. The molecule has 4 N–H and O–H groups in total. The number of nitrogens with zero attached hydrogens (tertiary/aromatic N) is 3. The highest BCUT2D eigenvalue weighted by Crippen LogP contribution is 2.26. The Morgan fingerprint density at radius 2 is 1.52 bits per heavy atom. The van der Waals surface area contributed by atoms with Crippen molar-refractivity contribution < 1.29 is 9.59 Å². The molecular formula is C35H39N5O2. The first-order valence-electron chi connectivity index (χ1n) is 14.6. The summed E-state index contributed by atoms with van der Waals surface area (Å²) >= 11 is 0. The van der Waals surface area contributed by atoms with E-state index in [9.17, 15) is 9.59 Å². The molecule has 1 saturated heterocycles. The van der Waals surface area contributed by atoms with Crippen LogP contribution in [-0.4, -0.2) is 59.3 Å². The molecule has 0 saturated carbocycles. The summed E-state index contributed by atoms with van der Waals surface area (Å²) in [6, 6.07) is 32.0. The van der Waals surface area contributed by atoms with E-state index in [1.165, 1.54) is 0 Å². The third-order valence-electron chi connectivity index (χ3n) is 8.02. The fourth-order valence-corrected chi connectivity index (χ4v) is 5.92. The van der Waals surface area contributed by atoms with Gasteiger partial charge < -0.3 is 21.3 Å². The molecule has 1 heterocycles. The molecule has 42 heavy (non-hydrogen) atoms. The van der Waals surface area contributed by atoms with Crippen LogP contribution in [0.2, 0.25) is 0 Å². The number of benzene rings is 4. The molecule has 0 unspecified atom stereocenters. The maximum absolute atomic E-state index is 14.0. The van der Waals surface area contributed by atoms with Crippen molar-refractivity contribution >= 4 is 28.5 Å². The Bertz CT molecular complexity index is 1560. The summed E-state index contributed by atoms with van der Waals surface area (Å²) in [5.74, 6) is 0.120. The van der Waals surface area contributed by atoms with Gasteiger partial charge in [0.1, 0.15) is 0 Å². The van der Waals surface area contributed by atoms with E-state index < -0.39 is 0 Å². The summed E-state index contributed by atoms with van der Waals surface area (Å²) in [6.45, 7) is 3.39. The van der Waals surface area contributed by atoms with Crippen molar-refractivity contribution in [3.8, 4) is 0 Å². The predicted octanol–water partition coefficient (Wildman–Crippen LogP) is 4.71. The third kappa shape index (κ3) is 7.16. The summed E-state index contributed by atoms with van der Waals surface area (Å²) < 4.78 is 0. The highest BCUT2D eigenvalue weighted by atomic mass is 16.2. The molecule has 1 aliphatic rings. The second kappa shape index (κ2) is 13.3. The lowest BCUT2D eigenvalue weighted by molar-refractivity contribution is -0.136. The van der Waals surface area contributed by atoms with Crippen molar-refractivity contribution in [1.29, 1.82) is 0 Å². The molecule has 1 fully saturated rings. The molecule has 0 aromatic heterocycles. The van der Waals surface area contributed by atoms with Gasteiger partial charge in [-0.15, -0.1) is 0 Å². The fraction of sp³-hybridized carbons (Fsp3) is 0.286. The largest absolute Gasteiger partial charge is 0.370 e. The molecule has 1 aliphatic heterocycles. The summed E-state index contributed by atoms with van der Waals surface area (Å²) in [6.07, 6.45) is 2.37. The fourth-order valence-electron chi connectivity index (χ4n) is 5.92. The smallest absolute Gasteiger partial charge is 0.254 e. The molecule has 2 atom stereocenters. The zero-order chi connectivity index (χ0) is 29.5. The molecule has 0 radical (unpaired) electrons. The molecule has 4 aromatic rings. The number of piperazine rings is 1. The maximum atomic E-state index is 14.0. The Labute approximate surface area is 247 Å². The lowest BCUT2D eigenvalue weighted by atomic mass is 9.95. The van der Waals surface area contributed by atoms with Crippen LogP contribution in [0.25, 0.3) is 10.8 Å². The minimum atomic E-state index is -0.153. The SMILES string of the molecule is Cc1cccc(C(=O)N2C[C@@H](Cc3ccccc3)N(C(=O)Cc3ccc4ccccc4c3)C[C@@H]2CCCN=C(N)N)c1. The first-order chi connectivity index (χ1) is 20.4. The van der Waals surface area contributed by atoms with Crippen LogP contribution in [-0.2, 0) is 17.6 Å². The van der Waals surface area contributed by atoms with Crippen LogP contribution in [0, 0.1) is 6.92 Å². The standard InChI is InChI=1S/C35H39N5O2/c1-25-9-7-14-30(19-25)34(42)40-24-32(21-26-10-3-2-4-11-26)39(23-31(40)15-8-18-38-35(36)37)33(41)22-27-16-17-28-12-5-6-13-29(28)20-27/h2-7,9-14,16-17,19-20,31-32H,8,15,18,21-24H2,1H3,(H4,36,37,38)/t31-,32+/m0/s1. The van der Waals surface area contributed by atoms with Crippen molar-refractivity contribution in [2.75, 3.05) is 19.6 Å². The summed E-state index contributed by atoms with van der Waals surface area (Å²) in [4.78, 5) is 36.1. The van der Waals surface area contributed by atoms with E-state index in [1.54, 1.807) is 0 Å². The quantitative estimate of drug-likeness (QED) is 0.175. The Kier molecular flexibility index (Phi) is 9.17. The number of nitrogens with two attached hydrogens (primary N) is 2. The third-order valence-corrected chi connectivity index (χ3v) is 8.02. The number of hydrogen-bond donors (Lipinski definition) is 2. The molecular weight excluding hydrogens is 522 g/mol. The van der Waals surface area contributed by atoms with Crippen LogP contribution in [0.3, 0.4) is 0 Å². The van der Waals surface area contributed by atoms with Gasteiger partial charge in [-0.3, -0.25) is 14.6 Å². The predicted molar refractivity (Wildman–Crippen MR) is 169 cm³/mol. The van der Waals surface area contributed by atoms with Gasteiger partial charge in [0.15, 0.2) is 5.96 Å². The average Bonchev–Trinajstić information content (AvgIpc) is 2.99. The number of amides is 2. The zero-order valence-electron chi connectivity index (χ0n) is 24.2. The van der Waals surface area contributed by atoms with E-state index >= 15 is 0 Å². The van der Waals surface area contributed by atoms with Gasteiger partial charge in [0.25, 0.3) is 5.91 Å². The number of rotatable bonds is 9. The minimum Gasteiger partial charge on any atom is -0.370 e. The van der Waals surface area contributed by atoms with Gasteiger partial charge in [0.2, 0.25) is 5.91 Å². The van der Waals surface area contributed by atoms with Gasteiger partial charge in [-0.1, -0.05) is 90.5 Å². The van der Waals surface area contributed by atoms with E-state index in [0.717, 1.165) is 27.5 Å². The second-order valence-corrected chi connectivity index (χ2v) is 11.2. The van der Waals surface area contributed by atoms with Gasteiger partial charge in [0.05, 0.1) is 12.5 Å². The first-order valence-corrected chi connectivity index (χ1v) is 14.6. The van der Waals surface area contributed by atoms with Gasteiger partial charge in [-0.05, 0) is 60.2 Å². The monoisotopic (exact) mass is 561 g/mol. The molecule has 0 spiro atoms. The summed E-state index contributed by atoms with van der Waals surface area (Å²) in [5, 5.41) is 2.27. The normalized spacial score (nSPS) is 16.8. The lowest BCUT2D eigenvalue weighted by Crippen LogP contribution is -2.62. The van der Waals surface area contributed by atoms with Crippen molar-refractivity contribution in [3.63, 3.8) is 0 Å². The van der Waals surface area contributed by atoms with E-state index in [1.807, 2.05) is 77.4 Å². The van der Waals surface area contributed by atoms with Gasteiger partial charge in [-0.2, -0.15) is 0 Å². The van der Waals surface area contributed by atoms with Crippen molar-refractivity contribution in [2.45, 2.75) is 44.7 Å².